The molecule has 0 amide bonds. The van der Waals surface area contributed by atoms with Crippen molar-refractivity contribution < 1.29 is 24.1 Å². The van der Waals surface area contributed by atoms with Crippen molar-refractivity contribution in [3.8, 4) is 6.07 Å². The van der Waals surface area contributed by atoms with E-state index in [0.717, 1.165) is 23.8 Å². The minimum atomic E-state index is -1.25. The molecule has 1 aliphatic rings. The Bertz CT molecular complexity index is 762. The van der Waals surface area contributed by atoms with Gasteiger partial charge in [-0.25, -0.2) is 9.59 Å². The minimum Gasteiger partial charge on any atom is -0.434 e. The molecule has 29 heavy (non-hydrogen) atoms. The summed E-state index contributed by atoms with van der Waals surface area (Å²) in [6.07, 6.45) is 3.57. The number of aliphatic hydroxyl groups is 1. The van der Waals surface area contributed by atoms with Crippen molar-refractivity contribution in [2.45, 2.75) is 63.9 Å². The monoisotopic (exact) mass is 408 g/mol. The molecule has 0 aliphatic carbocycles. The number of carbonyl (C=O) groups is 1. The number of nitrogens with zero attached hydrogens (tertiary/aromatic N) is 3. The second kappa shape index (κ2) is 11.4. The van der Waals surface area contributed by atoms with Gasteiger partial charge in [0, 0.05) is 6.20 Å². The fraction of sp³-hybridized carbons (Fsp3) is 0.684. The van der Waals surface area contributed by atoms with E-state index >= 15 is 0 Å². The summed E-state index contributed by atoms with van der Waals surface area (Å²) in [5.41, 5.74) is 4.75. The van der Waals surface area contributed by atoms with Gasteiger partial charge in [0.15, 0.2) is 6.23 Å². The number of hydrogen-bond donors (Lipinski definition) is 2. The van der Waals surface area contributed by atoms with E-state index in [2.05, 4.69) is 11.9 Å². The third kappa shape index (κ3) is 6.44. The average Bonchev–Trinajstić information content (AvgIpc) is 3.01. The molecule has 10 heteroatoms. The molecule has 2 heterocycles. The van der Waals surface area contributed by atoms with E-state index < -0.39 is 36.2 Å². The van der Waals surface area contributed by atoms with Crippen LogP contribution < -0.4 is 11.4 Å². The van der Waals surface area contributed by atoms with Crippen molar-refractivity contribution in [2.75, 3.05) is 18.9 Å². The van der Waals surface area contributed by atoms with Crippen molar-refractivity contribution in [2.24, 2.45) is 5.92 Å². The van der Waals surface area contributed by atoms with Crippen LogP contribution in [0.15, 0.2) is 17.1 Å². The van der Waals surface area contributed by atoms with Crippen LogP contribution in [0.5, 0.6) is 0 Å². The number of carbonyl (C=O) groups excluding carboxylic acids is 1. The molecule has 1 fully saturated rings. The summed E-state index contributed by atoms with van der Waals surface area (Å²) in [7, 11) is 0. The molecular formula is C19H28N4O6. The molecule has 1 aromatic heterocycles. The van der Waals surface area contributed by atoms with Gasteiger partial charge in [0.2, 0.25) is 0 Å². The highest BCUT2D eigenvalue weighted by atomic mass is 16.7. The van der Waals surface area contributed by atoms with Crippen LogP contribution in [-0.2, 0) is 14.2 Å². The van der Waals surface area contributed by atoms with E-state index in [0.29, 0.717) is 0 Å². The maximum atomic E-state index is 12.0. The Morgan fingerprint density at radius 3 is 2.76 bits per heavy atom. The van der Waals surface area contributed by atoms with Crippen molar-refractivity contribution >= 4 is 12.0 Å². The highest BCUT2D eigenvalue weighted by Gasteiger charge is 2.46. The number of nitriles is 1. The lowest BCUT2D eigenvalue weighted by molar-refractivity contribution is -0.0595. The molecule has 4 atom stereocenters. The molecule has 0 radical (unpaired) electrons. The van der Waals surface area contributed by atoms with Crippen molar-refractivity contribution in [3.63, 3.8) is 0 Å². The predicted octanol–water partition coefficient (Wildman–Crippen LogP) is 1.74. The smallest absolute Gasteiger partial charge is 0.434 e. The summed E-state index contributed by atoms with van der Waals surface area (Å²) in [4.78, 5) is 27.3. The number of unbranched alkanes of at least 4 members (excludes halogenated alkanes) is 5. The first-order valence-electron chi connectivity index (χ1n) is 9.85. The summed E-state index contributed by atoms with van der Waals surface area (Å²) in [6.45, 7) is 2.10. The summed E-state index contributed by atoms with van der Waals surface area (Å²) < 4.78 is 16.7. The number of nitrogens with two attached hydrogens (primary N) is 1. The topological polar surface area (TPSA) is 150 Å². The maximum absolute atomic E-state index is 12.0. The van der Waals surface area contributed by atoms with Crippen LogP contribution in [0.25, 0.3) is 0 Å². The number of hydrogen-bond acceptors (Lipinski definition) is 9. The fourth-order valence-corrected chi connectivity index (χ4v) is 3.11. The lowest BCUT2D eigenvalue weighted by Gasteiger charge is -2.16. The first-order chi connectivity index (χ1) is 14.0. The average molecular weight is 408 g/mol. The molecule has 0 spiro atoms. The molecule has 2 rings (SSSR count). The zero-order valence-corrected chi connectivity index (χ0v) is 16.5. The number of aliphatic hydroxyl groups excluding tert-OH is 1. The zero-order chi connectivity index (χ0) is 21.2. The molecule has 0 aromatic carbocycles. The van der Waals surface area contributed by atoms with E-state index in [1.54, 1.807) is 0 Å². The first-order valence-corrected chi connectivity index (χ1v) is 9.85. The summed E-state index contributed by atoms with van der Waals surface area (Å²) in [5.74, 6) is -1.00. The quantitative estimate of drug-likeness (QED) is 0.436. The number of rotatable bonds is 10. The Balaban J connectivity index is 1.80. The van der Waals surface area contributed by atoms with Gasteiger partial charge in [-0.3, -0.25) is 4.57 Å². The van der Waals surface area contributed by atoms with Crippen LogP contribution in [0.4, 0.5) is 10.6 Å². The Labute approximate surface area is 169 Å². The van der Waals surface area contributed by atoms with E-state index in [1.165, 1.54) is 31.5 Å². The van der Waals surface area contributed by atoms with Gasteiger partial charge >= 0.3 is 11.8 Å². The van der Waals surface area contributed by atoms with Crippen LogP contribution in [0.1, 0.15) is 51.7 Å². The van der Waals surface area contributed by atoms with Crippen LogP contribution in [0.2, 0.25) is 0 Å². The highest BCUT2D eigenvalue weighted by Crippen LogP contribution is 2.33. The molecule has 1 aromatic rings. The summed E-state index contributed by atoms with van der Waals surface area (Å²) in [5, 5.41) is 19.7. The largest absolute Gasteiger partial charge is 0.508 e. The zero-order valence-electron chi connectivity index (χ0n) is 16.5. The lowest BCUT2D eigenvalue weighted by Crippen LogP contribution is -2.32. The van der Waals surface area contributed by atoms with Gasteiger partial charge in [0.05, 0.1) is 12.7 Å². The molecule has 1 unspecified atom stereocenters. The molecule has 1 saturated heterocycles. The predicted molar refractivity (Wildman–Crippen MR) is 103 cm³/mol. The normalized spacial score (nSPS) is 23.5. The highest BCUT2D eigenvalue weighted by molar-refractivity contribution is 5.59. The van der Waals surface area contributed by atoms with E-state index in [1.807, 2.05) is 6.07 Å². The van der Waals surface area contributed by atoms with Crippen LogP contribution in [-0.4, -0.2) is 46.2 Å². The summed E-state index contributed by atoms with van der Waals surface area (Å²) >= 11 is 0. The van der Waals surface area contributed by atoms with Gasteiger partial charge < -0.3 is 25.1 Å². The second-order valence-corrected chi connectivity index (χ2v) is 6.93. The maximum Gasteiger partial charge on any atom is 0.508 e. The van der Waals surface area contributed by atoms with Crippen molar-refractivity contribution in [1.29, 1.82) is 5.26 Å². The van der Waals surface area contributed by atoms with Gasteiger partial charge in [0.1, 0.15) is 30.6 Å². The second-order valence-electron chi connectivity index (χ2n) is 6.93. The molecule has 0 bridgehead atoms. The van der Waals surface area contributed by atoms with Gasteiger partial charge in [-0.05, 0) is 12.5 Å². The Kier molecular flexibility index (Phi) is 8.89. The van der Waals surface area contributed by atoms with Gasteiger partial charge in [-0.15, -0.1) is 0 Å². The van der Waals surface area contributed by atoms with Gasteiger partial charge in [-0.2, -0.15) is 10.2 Å². The fourth-order valence-electron chi connectivity index (χ4n) is 3.11. The third-order valence-corrected chi connectivity index (χ3v) is 4.73. The Morgan fingerprint density at radius 2 is 2.07 bits per heavy atom. The van der Waals surface area contributed by atoms with Crippen LogP contribution in [0, 0.1) is 17.2 Å². The Hall–Kier alpha value is -2.64. The minimum absolute atomic E-state index is 0.0336. The van der Waals surface area contributed by atoms with E-state index in [9.17, 15) is 20.0 Å². The molecular weight excluding hydrogens is 380 g/mol. The number of aromatic nitrogens is 2. The molecule has 1 aliphatic heterocycles. The number of anilines is 1. The van der Waals surface area contributed by atoms with Gasteiger partial charge in [0.25, 0.3) is 0 Å². The summed E-state index contributed by atoms with van der Waals surface area (Å²) in [6, 6.07) is 3.30. The molecule has 10 nitrogen and oxygen atoms in total. The lowest BCUT2D eigenvalue weighted by atomic mass is 10.0. The Morgan fingerprint density at radius 1 is 1.34 bits per heavy atom. The van der Waals surface area contributed by atoms with Crippen LogP contribution >= 0.6 is 0 Å². The molecule has 0 saturated carbocycles. The van der Waals surface area contributed by atoms with Crippen molar-refractivity contribution in [1.82, 2.24) is 9.55 Å². The first kappa shape index (κ1) is 22.6. The van der Waals surface area contributed by atoms with Gasteiger partial charge in [-0.1, -0.05) is 39.0 Å². The number of ether oxygens (including phenoxy) is 3. The SMILES string of the molecule is CCCCCCCCOC(=O)OC[C@H]1OC(n2ccc(N)nc2=O)[C@@H](C#N)[C@@H]1O. The molecule has 3 N–H and O–H groups in total. The molecule has 160 valence electrons. The standard InChI is InChI=1S/C19H28N4O6/c1-2-3-4-5-6-7-10-27-19(26)28-12-14-16(24)13(11-20)17(29-14)23-9-8-15(21)22-18(23)25/h8-9,13-14,16-17,24H,2-7,10,12H2,1H3,(H2,21,22,25)/t13-,14+,16-,17?/m0/s1. The van der Waals surface area contributed by atoms with E-state index in [4.69, 9.17) is 19.9 Å². The third-order valence-electron chi connectivity index (χ3n) is 4.73. The van der Waals surface area contributed by atoms with Crippen LogP contribution in [0.3, 0.4) is 0 Å². The number of nitrogen functional groups attached to an aromatic ring is 1. The van der Waals surface area contributed by atoms with Crippen molar-refractivity contribution in [3.05, 3.63) is 22.7 Å². The van der Waals surface area contributed by atoms with E-state index in [-0.39, 0.29) is 19.0 Å².